The standard InChI is InChI=1S/C18H27NO2/c1-20-17-11-8-14(13-19-15-9-10-15)18(12-17)21-16-6-4-2-3-5-7-16/h8,11-12,15-16,19H,2-7,9-10,13H2,1H3. The van der Waals surface area contributed by atoms with Gasteiger partial charge in [-0.05, 0) is 44.6 Å². The zero-order valence-corrected chi connectivity index (χ0v) is 13.1. The van der Waals surface area contributed by atoms with Gasteiger partial charge < -0.3 is 14.8 Å². The minimum absolute atomic E-state index is 0.374. The van der Waals surface area contributed by atoms with E-state index >= 15 is 0 Å². The van der Waals surface area contributed by atoms with Gasteiger partial charge >= 0.3 is 0 Å². The minimum Gasteiger partial charge on any atom is -0.497 e. The molecule has 3 heteroatoms. The van der Waals surface area contributed by atoms with Crippen molar-refractivity contribution in [3.8, 4) is 11.5 Å². The lowest BCUT2D eigenvalue weighted by Crippen LogP contribution is -2.19. The van der Waals surface area contributed by atoms with Crippen LogP contribution in [0.25, 0.3) is 0 Å². The second kappa shape index (κ2) is 7.17. The third kappa shape index (κ3) is 4.37. The molecule has 0 aromatic heterocycles. The second-order valence-electron chi connectivity index (χ2n) is 6.36. The van der Waals surface area contributed by atoms with Crippen LogP contribution in [-0.4, -0.2) is 19.3 Å². The summed E-state index contributed by atoms with van der Waals surface area (Å²) in [5, 5.41) is 3.58. The Labute approximate surface area is 128 Å². The number of ether oxygens (including phenoxy) is 2. The first-order valence-electron chi connectivity index (χ1n) is 8.42. The van der Waals surface area contributed by atoms with E-state index in [1.54, 1.807) is 7.11 Å². The van der Waals surface area contributed by atoms with Crippen molar-refractivity contribution < 1.29 is 9.47 Å². The summed E-state index contributed by atoms with van der Waals surface area (Å²) in [4.78, 5) is 0. The van der Waals surface area contributed by atoms with E-state index in [1.165, 1.54) is 56.9 Å². The molecule has 0 heterocycles. The second-order valence-corrected chi connectivity index (χ2v) is 6.36. The summed E-state index contributed by atoms with van der Waals surface area (Å²) in [6.07, 6.45) is 10.7. The normalized spacial score (nSPS) is 20.0. The molecule has 0 spiro atoms. The molecule has 1 aromatic rings. The molecule has 0 atom stereocenters. The zero-order valence-electron chi connectivity index (χ0n) is 13.1. The molecular formula is C18H27NO2. The van der Waals surface area contributed by atoms with Crippen LogP contribution >= 0.6 is 0 Å². The Bertz CT molecular complexity index is 449. The molecule has 1 N–H and O–H groups in total. The molecule has 1 aromatic carbocycles. The van der Waals surface area contributed by atoms with Crippen molar-refractivity contribution in [2.24, 2.45) is 0 Å². The van der Waals surface area contributed by atoms with Crippen molar-refractivity contribution in [1.29, 1.82) is 0 Å². The summed E-state index contributed by atoms with van der Waals surface area (Å²) < 4.78 is 11.7. The lowest BCUT2D eigenvalue weighted by molar-refractivity contribution is 0.181. The van der Waals surface area contributed by atoms with Crippen LogP contribution in [0.1, 0.15) is 56.9 Å². The number of nitrogens with one attached hydrogen (secondary N) is 1. The molecule has 0 amide bonds. The molecule has 2 saturated carbocycles. The highest BCUT2D eigenvalue weighted by Crippen LogP contribution is 2.30. The van der Waals surface area contributed by atoms with Crippen molar-refractivity contribution in [1.82, 2.24) is 5.32 Å². The lowest BCUT2D eigenvalue weighted by Gasteiger charge is -2.20. The van der Waals surface area contributed by atoms with E-state index in [9.17, 15) is 0 Å². The van der Waals surface area contributed by atoms with Gasteiger partial charge in [0.2, 0.25) is 0 Å². The van der Waals surface area contributed by atoms with E-state index in [0.717, 1.165) is 24.1 Å². The monoisotopic (exact) mass is 289 g/mol. The van der Waals surface area contributed by atoms with Gasteiger partial charge in [0.1, 0.15) is 11.5 Å². The van der Waals surface area contributed by atoms with Crippen molar-refractivity contribution in [3.63, 3.8) is 0 Å². The molecule has 0 radical (unpaired) electrons. The molecule has 3 nitrogen and oxygen atoms in total. The first-order valence-corrected chi connectivity index (χ1v) is 8.42. The van der Waals surface area contributed by atoms with Gasteiger partial charge in [0.25, 0.3) is 0 Å². The highest BCUT2D eigenvalue weighted by atomic mass is 16.5. The first kappa shape index (κ1) is 14.7. The number of methoxy groups -OCH3 is 1. The van der Waals surface area contributed by atoms with E-state index in [4.69, 9.17) is 9.47 Å². The largest absolute Gasteiger partial charge is 0.497 e. The van der Waals surface area contributed by atoms with E-state index in [2.05, 4.69) is 17.4 Å². The van der Waals surface area contributed by atoms with Gasteiger partial charge in [0.05, 0.1) is 13.2 Å². The van der Waals surface area contributed by atoms with Gasteiger partial charge in [-0.3, -0.25) is 0 Å². The van der Waals surface area contributed by atoms with E-state index in [-0.39, 0.29) is 0 Å². The van der Waals surface area contributed by atoms with Crippen LogP contribution < -0.4 is 14.8 Å². The van der Waals surface area contributed by atoms with Crippen molar-refractivity contribution in [2.75, 3.05) is 7.11 Å². The molecule has 0 bridgehead atoms. The molecule has 0 saturated heterocycles. The third-order valence-corrected chi connectivity index (χ3v) is 4.53. The number of benzene rings is 1. The summed E-state index contributed by atoms with van der Waals surface area (Å²) in [6.45, 7) is 0.900. The van der Waals surface area contributed by atoms with Gasteiger partial charge in [0.15, 0.2) is 0 Å². The molecule has 0 aliphatic heterocycles. The van der Waals surface area contributed by atoms with E-state index in [1.807, 2.05) is 6.07 Å². The van der Waals surface area contributed by atoms with Crippen LogP contribution in [0.3, 0.4) is 0 Å². The predicted molar refractivity (Wildman–Crippen MR) is 85.0 cm³/mol. The number of hydrogen-bond donors (Lipinski definition) is 1. The van der Waals surface area contributed by atoms with Crippen LogP contribution in [0.4, 0.5) is 0 Å². The fourth-order valence-electron chi connectivity index (χ4n) is 3.00. The molecule has 0 unspecified atom stereocenters. The fourth-order valence-corrected chi connectivity index (χ4v) is 3.00. The molecule has 3 rings (SSSR count). The van der Waals surface area contributed by atoms with Gasteiger partial charge in [-0.25, -0.2) is 0 Å². The highest BCUT2D eigenvalue weighted by Gasteiger charge is 2.21. The maximum atomic E-state index is 6.34. The average molecular weight is 289 g/mol. The predicted octanol–water partition coefficient (Wildman–Crippen LogP) is 4.05. The topological polar surface area (TPSA) is 30.5 Å². The van der Waals surface area contributed by atoms with E-state index < -0.39 is 0 Å². The van der Waals surface area contributed by atoms with Crippen LogP contribution in [0.5, 0.6) is 11.5 Å². The smallest absolute Gasteiger partial charge is 0.127 e. The van der Waals surface area contributed by atoms with Crippen LogP contribution in [0.15, 0.2) is 18.2 Å². The van der Waals surface area contributed by atoms with Gasteiger partial charge in [0, 0.05) is 24.2 Å². The van der Waals surface area contributed by atoms with Crippen LogP contribution in [0.2, 0.25) is 0 Å². The van der Waals surface area contributed by atoms with E-state index in [0.29, 0.717) is 6.10 Å². The third-order valence-electron chi connectivity index (χ3n) is 4.53. The Morgan fingerprint density at radius 1 is 1.05 bits per heavy atom. The zero-order chi connectivity index (χ0) is 14.5. The van der Waals surface area contributed by atoms with Crippen LogP contribution in [-0.2, 0) is 6.54 Å². The quantitative estimate of drug-likeness (QED) is 0.801. The maximum Gasteiger partial charge on any atom is 0.127 e. The highest BCUT2D eigenvalue weighted by molar-refractivity contribution is 5.41. The average Bonchev–Trinajstić information content (AvgIpc) is 3.33. The SMILES string of the molecule is COc1ccc(CNC2CC2)c(OC2CCCCCC2)c1. The summed E-state index contributed by atoms with van der Waals surface area (Å²) in [7, 11) is 1.72. The summed E-state index contributed by atoms with van der Waals surface area (Å²) in [5.74, 6) is 1.89. The molecule has 2 aliphatic carbocycles. The Balaban J connectivity index is 1.69. The maximum absolute atomic E-state index is 6.34. The van der Waals surface area contributed by atoms with Gasteiger partial charge in [-0.1, -0.05) is 18.9 Å². The number of hydrogen-bond acceptors (Lipinski definition) is 3. The molecular weight excluding hydrogens is 262 g/mol. The Morgan fingerprint density at radius 2 is 1.81 bits per heavy atom. The first-order chi connectivity index (χ1) is 10.3. The number of rotatable bonds is 6. The molecule has 2 aliphatic rings. The van der Waals surface area contributed by atoms with Crippen LogP contribution in [0, 0.1) is 0 Å². The summed E-state index contributed by atoms with van der Waals surface area (Å²) in [5.41, 5.74) is 1.26. The van der Waals surface area contributed by atoms with Crippen molar-refractivity contribution >= 4 is 0 Å². The molecule has 2 fully saturated rings. The minimum atomic E-state index is 0.374. The Kier molecular flexibility index (Phi) is 5.02. The van der Waals surface area contributed by atoms with Crippen molar-refractivity contribution in [3.05, 3.63) is 23.8 Å². The molecule has 21 heavy (non-hydrogen) atoms. The molecule has 116 valence electrons. The fraction of sp³-hybridized carbons (Fsp3) is 0.667. The van der Waals surface area contributed by atoms with Gasteiger partial charge in [-0.2, -0.15) is 0 Å². The lowest BCUT2D eigenvalue weighted by atomic mass is 10.1. The van der Waals surface area contributed by atoms with Crippen molar-refractivity contribution in [2.45, 2.75) is 70.1 Å². The Hall–Kier alpha value is -1.22. The van der Waals surface area contributed by atoms with Gasteiger partial charge in [-0.15, -0.1) is 0 Å². The summed E-state index contributed by atoms with van der Waals surface area (Å²) >= 11 is 0. The summed E-state index contributed by atoms with van der Waals surface area (Å²) in [6, 6.07) is 6.94. The Morgan fingerprint density at radius 3 is 2.48 bits per heavy atom.